The van der Waals surface area contributed by atoms with Crippen LogP contribution in [0.3, 0.4) is 0 Å². The fourth-order valence-electron chi connectivity index (χ4n) is 1.82. The van der Waals surface area contributed by atoms with Crippen LogP contribution < -0.4 is 10.6 Å². The average molecular weight is 286 g/mol. The van der Waals surface area contributed by atoms with Crippen LogP contribution in [0.15, 0.2) is 42.5 Å². The summed E-state index contributed by atoms with van der Waals surface area (Å²) in [6.45, 7) is 3.26. The molecular formula is C16H15FN2O2. The Balaban J connectivity index is 2.25. The molecule has 0 radical (unpaired) electrons. The second-order valence-corrected chi connectivity index (χ2v) is 4.69. The van der Waals surface area contributed by atoms with Crippen LogP contribution in [0.2, 0.25) is 0 Å². The summed E-state index contributed by atoms with van der Waals surface area (Å²) in [5, 5.41) is 5.15. The lowest BCUT2D eigenvalue weighted by Crippen LogP contribution is -2.15. The van der Waals surface area contributed by atoms with Crippen LogP contribution in [0.4, 0.5) is 15.8 Å². The minimum atomic E-state index is -0.497. The maximum absolute atomic E-state index is 13.3. The van der Waals surface area contributed by atoms with Gasteiger partial charge >= 0.3 is 0 Å². The normalized spacial score (nSPS) is 10.0. The summed E-state index contributed by atoms with van der Waals surface area (Å²) in [7, 11) is 0. The van der Waals surface area contributed by atoms with Crippen molar-refractivity contribution in [3.05, 3.63) is 59.4 Å². The standard InChI is InChI=1S/C16H15FN2O2/c1-10-3-5-12(6-4-10)16(21)19-15-9-13(17)7-8-14(15)18-11(2)20/h3-9H,1-2H3,(H,18,20)(H,19,21). The van der Waals surface area contributed by atoms with E-state index in [0.717, 1.165) is 11.6 Å². The summed E-state index contributed by atoms with van der Waals surface area (Å²) in [6.07, 6.45) is 0. The molecule has 2 N–H and O–H groups in total. The molecule has 0 bridgehead atoms. The van der Waals surface area contributed by atoms with Crippen LogP contribution in [-0.4, -0.2) is 11.8 Å². The highest BCUT2D eigenvalue weighted by molar-refractivity contribution is 6.07. The van der Waals surface area contributed by atoms with Gasteiger partial charge in [-0.05, 0) is 37.3 Å². The Kier molecular flexibility index (Phi) is 4.33. The van der Waals surface area contributed by atoms with Crippen molar-refractivity contribution in [2.45, 2.75) is 13.8 Å². The molecule has 0 aromatic heterocycles. The summed E-state index contributed by atoms with van der Waals surface area (Å²) in [5.41, 5.74) is 2.06. The zero-order valence-corrected chi connectivity index (χ0v) is 11.7. The van der Waals surface area contributed by atoms with Crippen molar-refractivity contribution in [2.75, 3.05) is 10.6 Å². The number of aryl methyl sites for hydroxylation is 1. The predicted octanol–water partition coefficient (Wildman–Crippen LogP) is 3.34. The Bertz CT molecular complexity index is 681. The largest absolute Gasteiger partial charge is 0.325 e. The van der Waals surface area contributed by atoms with Gasteiger partial charge in [0.2, 0.25) is 5.91 Å². The summed E-state index contributed by atoms with van der Waals surface area (Å²) in [5.74, 6) is -1.16. The monoisotopic (exact) mass is 286 g/mol. The molecule has 21 heavy (non-hydrogen) atoms. The number of nitrogens with one attached hydrogen (secondary N) is 2. The molecule has 4 nitrogen and oxygen atoms in total. The predicted molar refractivity (Wildman–Crippen MR) is 79.8 cm³/mol. The fourth-order valence-corrected chi connectivity index (χ4v) is 1.82. The van der Waals surface area contributed by atoms with Gasteiger partial charge in [-0.2, -0.15) is 0 Å². The molecule has 2 aromatic rings. The number of amides is 2. The van der Waals surface area contributed by atoms with Gasteiger partial charge in [-0.15, -0.1) is 0 Å². The molecule has 0 atom stereocenters. The highest BCUT2D eigenvalue weighted by Gasteiger charge is 2.11. The number of hydrogen-bond acceptors (Lipinski definition) is 2. The molecule has 0 aliphatic rings. The molecule has 2 amide bonds. The molecule has 0 aliphatic heterocycles. The van der Waals surface area contributed by atoms with Gasteiger partial charge in [0.05, 0.1) is 11.4 Å². The Morgan fingerprint density at radius 2 is 1.62 bits per heavy atom. The minimum Gasteiger partial charge on any atom is -0.325 e. The summed E-state index contributed by atoms with van der Waals surface area (Å²) in [6, 6.07) is 10.8. The van der Waals surface area contributed by atoms with E-state index in [4.69, 9.17) is 0 Å². The topological polar surface area (TPSA) is 58.2 Å². The Morgan fingerprint density at radius 3 is 2.24 bits per heavy atom. The van der Waals surface area contributed by atoms with Gasteiger partial charge in [0.25, 0.3) is 5.91 Å². The molecule has 0 heterocycles. The third-order valence-corrected chi connectivity index (χ3v) is 2.85. The number of carbonyl (C=O) groups excluding carboxylic acids is 2. The van der Waals surface area contributed by atoms with E-state index in [2.05, 4.69) is 10.6 Å². The van der Waals surface area contributed by atoms with Crippen molar-refractivity contribution in [2.24, 2.45) is 0 Å². The van der Waals surface area contributed by atoms with Crippen molar-refractivity contribution in [1.29, 1.82) is 0 Å². The number of rotatable bonds is 3. The quantitative estimate of drug-likeness (QED) is 0.909. The van der Waals surface area contributed by atoms with Gasteiger partial charge in [-0.25, -0.2) is 4.39 Å². The molecule has 0 saturated heterocycles. The first kappa shape index (κ1) is 14.7. The van der Waals surface area contributed by atoms with Crippen molar-refractivity contribution in [3.8, 4) is 0 Å². The maximum atomic E-state index is 13.3. The van der Waals surface area contributed by atoms with E-state index in [-0.39, 0.29) is 17.5 Å². The molecule has 2 aromatic carbocycles. The molecule has 0 saturated carbocycles. The van der Waals surface area contributed by atoms with Crippen molar-refractivity contribution in [3.63, 3.8) is 0 Å². The van der Waals surface area contributed by atoms with Crippen LogP contribution in [0.25, 0.3) is 0 Å². The summed E-state index contributed by atoms with van der Waals surface area (Å²) < 4.78 is 13.3. The van der Waals surface area contributed by atoms with Gasteiger partial charge in [0.15, 0.2) is 0 Å². The molecule has 0 aliphatic carbocycles. The number of carbonyl (C=O) groups is 2. The van der Waals surface area contributed by atoms with E-state index in [1.165, 1.54) is 19.1 Å². The smallest absolute Gasteiger partial charge is 0.255 e. The van der Waals surface area contributed by atoms with Gasteiger partial charge in [-0.1, -0.05) is 17.7 Å². The van der Waals surface area contributed by atoms with Crippen LogP contribution >= 0.6 is 0 Å². The lowest BCUT2D eigenvalue weighted by atomic mass is 10.1. The van der Waals surface area contributed by atoms with Gasteiger partial charge in [-0.3, -0.25) is 9.59 Å². The minimum absolute atomic E-state index is 0.218. The fraction of sp³-hybridized carbons (Fsp3) is 0.125. The SMILES string of the molecule is CC(=O)Nc1ccc(F)cc1NC(=O)c1ccc(C)cc1. The maximum Gasteiger partial charge on any atom is 0.255 e. The first-order chi connectivity index (χ1) is 9.95. The van der Waals surface area contributed by atoms with Crippen molar-refractivity contribution < 1.29 is 14.0 Å². The zero-order chi connectivity index (χ0) is 15.4. The molecule has 0 unspecified atom stereocenters. The van der Waals surface area contributed by atoms with E-state index in [9.17, 15) is 14.0 Å². The lowest BCUT2D eigenvalue weighted by molar-refractivity contribution is -0.114. The van der Waals surface area contributed by atoms with E-state index in [1.54, 1.807) is 12.1 Å². The summed E-state index contributed by atoms with van der Waals surface area (Å²) in [4.78, 5) is 23.3. The molecule has 0 spiro atoms. The number of benzene rings is 2. The molecular weight excluding hydrogens is 271 g/mol. The zero-order valence-electron chi connectivity index (χ0n) is 11.7. The first-order valence-corrected chi connectivity index (χ1v) is 6.41. The van der Waals surface area contributed by atoms with Crippen LogP contribution in [0, 0.1) is 12.7 Å². The van der Waals surface area contributed by atoms with Gasteiger partial charge in [0, 0.05) is 12.5 Å². The number of anilines is 2. The second-order valence-electron chi connectivity index (χ2n) is 4.69. The molecule has 0 fully saturated rings. The molecule has 2 rings (SSSR count). The van der Waals surface area contributed by atoms with Crippen molar-refractivity contribution >= 4 is 23.2 Å². The van der Waals surface area contributed by atoms with E-state index in [1.807, 2.05) is 19.1 Å². The first-order valence-electron chi connectivity index (χ1n) is 6.41. The third kappa shape index (κ3) is 3.89. The molecule has 5 heteroatoms. The highest BCUT2D eigenvalue weighted by atomic mass is 19.1. The lowest BCUT2D eigenvalue weighted by Gasteiger charge is -2.11. The average Bonchev–Trinajstić information content (AvgIpc) is 2.42. The van der Waals surface area contributed by atoms with Crippen molar-refractivity contribution in [1.82, 2.24) is 0 Å². The van der Waals surface area contributed by atoms with Crippen LogP contribution in [0.5, 0.6) is 0 Å². The second kappa shape index (κ2) is 6.17. The Morgan fingerprint density at radius 1 is 0.952 bits per heavy atom. The van der Waals surface area contributed by atoms with E-state index < -0.39 is 5.82 Å². The Hall–Kier alpha value is -2.69. The molecule has 108 valence electrons. The van der Waals surface area contributed by atoms with Gasteiger partial charge in [0.1, 0.15) is 5.82 Å². The van der Waals surface area contributed by atoms with E-state index in [0.29, 0.717) is 11.3 Å². The number of halogens is 1. The summed E-state index contributed by atoms with van der Waals surface area (Å²) >= 11 is 0. The van der Waals surface area contributed by atoms with Gasteiger partial charge < -0.3 is 10.6 Å². The van der Waals surface area contributed by atoms with Crippen LogP contribution in [0.1, 0.15) is 22.8 Å². The number of hydrogen-bond donors (Lipinski definition) is 2. The highest BCUT2D eigenvalue weighted by Crippen LogP contribution is 2.23. The van der Waals surface area contributed by atoms with E-state index >= 15 is 0 Å². The Labute approximate surface area is 122 Å². The van der Waals surface area contributed by atoms with Crippen LogP contribution in [-0.2, 0) is 4.79 Å². The third-order valence-electron chi connectivity index (χ3n) is 2.85.